The van der Waals surface area contributed by atoms with Crippen LogP contribution in [0.1, 0.15) is 30.0 Å². The Bertz CT molecular complexity index is 957. The summed E-state index contributed by atoms with van der Waals surface area (Å²) in [6.45, 7) is 2.98. The molecule has 1 amide bonds. The molecule has 0 spiro atoms. The van der Waals surface area contributed by atoms with Gasteiger partial charge in [0.1, 0.15) is 6.04 Å². The van der Waals surface area contributed by atoms with Gasteiger partial charge in [-0.25, -0.2) is 0 Å². The molecule has 1 atom stereocenters. The lowest BCUT2D eigenvalue weighted by Gasteiger charge is -2.37. The predicted molar refractivity (Wildman–Crippen MR) is 115 cm³/mol. The number of hydrogen-bond donors (Lipinski definition) is 0. The first-order valence-corrected chi connectivity index (χ1v) is 10.3. The summed E-state index contributed by atoms with van der Waals surface area (Å²) in [7, 11) is 1.53. The molecule has 0 radical (unpaired) electrons. The fourth-order valence-electron chi connectivity index (χ4n) is 3.65. The highest BCUT2D eigenvalue weighted by atomic mass is 16.5. The van der Waals surface area contributed by atoms with Crippen LogP contribution in [-0.2, 0) is 4.79 Å². The van der Waals surface area contributed by atoms with Crippen molar-refractivity contribution in [3.05, 3.63) is 59.7 Å². The average Bonchev–Trinajstić information content (AvgIpc) is 2.83. The third-order valence-corrected chi connectivity index (χ3v) is 5.35. The minimum atomic E-state index is -0.283. The van der Waals surface area contributed by atoms with Crippen LogP contribution >= 0.6 is 0 Å². The third-order valence-electron chi connectivity index (χ3n) is 5.35. The fourth-order valence-corrected chi connectivity index (χ4v) is 3.65. The second-order valence-corrected chi connectivity index (χ2v) is 7.29. The van der Waals surface area contributed by atoms with Crippen molar-refractivity contribution in [3.8, 4) is 23.6 Å². The maximum atomic E-state index is 12.6. The Labute approximate surface area is 183 Å². The van der Waals surface area contributed by atoms with Crippen LogP contribution in [-0.4, -0.2) is 55.6 Å². The molecule has 7 nitrogen and oxygen atoms in total. The molecule has 1 saturated heterocycles. The summed E-state index contributed by atoms with van der Waals surface area (Å²) in [5.74, 6) is 1.17. The van der Waals surface area contributed by atoms with Crippen molar-refractivity contribution in [1.82, 2.24) is 9.80 Å². The lowest BCUT2D eigenvalue weighted by atomic mass is 10.1. The van der Waals surface area contributed by atoms with Crippen LogP contribution in [0.25, 0.3) is 0 Å². The second-order valence-electron chi connectivity index (χ2n) is 7.29. The van der Waals surface area contributed by atoms with Crippen molar-refractivity contribution >= 4 is 5.91 Å². The van der Waals surface area contributed by atoms with Crippen LogP contribution in [0.2, 0.25) is 0 Å². The molecule has 2 aromatic carbocycles. The molecule has 0 bridgehead atoms. The zero-order valence-electron chi connectivity index (χ0n) is 17.7. The standard InChI is InChI=1S/C24H26N4O3/c1-30-23-16-19(17-25)9-10-22(23)31-15-5-8-24(29)28-13-11-27(12-14-28)21(18-26)20-6-3-2-4-7-20/h2-4,6-7,9-10,16,21H,5,8,11-15H2,1H3/t21-/m0/s1. The van der Waals surface area contributed by atoms with Gasteiger partial charge in [-0.2, -0.15) is 10.5 Å². The molecule has 1 aliphatic heterocycles. The summed E-state index contributed by atoms with van der Waals surface area (Å²) in [6, 6.07) is 18.9. The number of rotatable bonds is 8. The van der Waals surface area contributed by atoms with Gasteiger partial charge >= 0.3 is 0 Å². The zero-order chi connectivity index (χ0) is 22.1. The number of amides is 1. The minimum Gasteiger partial charge on any atom is -0.493 e. The van der Waals surface area contributed by atoms with E-state index < -0.39 is 0 Å². The Morgan fingerprint density at radius 1 is 1.06 bits per heavy atom. The first kappa shape index (κ1) is 22.1. The number of nitrogens with zero attached hydrogens (tertiary/aromatic N) is 4. The van der Waals surface area contributed by atoms with Crippen molar-refractivity contribution in [2.45, 2.75) is 18.9 Å². The highest BCUT2D eigenvalue weighted by Crippen LogP contribution is 2.28. The van der Waals surface area contributed by atoms with E-state index in [1.54, 1.807) is 18.2 Å². The Kier molecular flexibility index (Phi) is 7.86. The molecule has 1 aliphatic rings. The van der Waals surface area contributed by atoms with Crippen LogP contribution in [0, 0.1) is 22.7 Å². The number of ether oxygens (including phenoxy) is 2. The highest BCUT2D eigenvalue weighted by molar-refractivity contribution is 5.76. The van der Waals surface area contributed by atoms with Gasteiger partial charge in [0.25, 0.3) is 0 Å². The summed E-state index contributed by atoms with van der Waals surface area (Å²) in [5.41, 5.74) is 1.49. The molecule has 1 fully saturated rings. The molecule has 0 aromatic heterocycles. The molecule has 0 aliphatic carbocycles. The van der Waals surface area contributed by atoms with Crippen molar-refractivity contribution in [1.29, 1.82) is 10.5 Å². The van der Waals surface area contributed by atoms with Gasteiger partial charge in [-0.15, -0.1) is 0 Å². The number of methoxy groups -OCH3 is 1. The van der Waals surface area contributed by atoms with E-state index >= 15 is 0 Å². The monoisotopic (exact) mass is 418 g/mol. The normalized spacial score (nSPS) is 14.9. The number of nitriles is 2. The smallest absolute Gasteiger partial charge is 0.222 e. The number of hydrogen-bond acceptors (Lipinski definition) is 6. The molecule has 0 N–H and O–H groups in total. The van der Waals surface area contributed by atoms with Crippen LogP contribution < -0.4 is 9.47 Å². The molecule has 3 rings (SSSR count). The summed E-state index contributed by atoms with van der Waals surface area (Å²) in [5, 5.41) is 18.6. The van der Waals surface area contributed by atoms with E-state index in [9.17, 15) is 10.1 Å². The second kappa shape index (κ2) is 11.0. The lowest BCUT2D eigenvalue weighted by Crippen LogP contribution is -2.49. The first-order chi connectivity index (χ1) is 15.2. The molecule has 31 heavy (non-hydrogen) atoms. The SMILES string of the molecule is COc1cc(C#N)ccc1OCCCC(=O)N1CCN([C@@H](C#N)c2ccccc2)CC1. The molecule has 1 heterocycles. The Balaban J connectivity index is 1.43. The van der Waals surface area contributed by atoms with E-state index in [1.807, 2.05) is 35.2 Å². The van der Waals surface area contributed by atoms with Gasteiger partial charge in [-0.05, 0) is 24.1 Å². The van der Waals surface area contributed by atoms with E-state index in [1.165, 1.54) is 7.11 Å². The third kappa shape index (κ3) is 5.75. The zero-order valence-corrected chi connectivity index (χ0v) is 17.7. The molecule has 2 aromatic rings. The summed E-state index contributed by atoms with van der Waals surface area (Å²) in [6.07, 6.45) is 0.992. The number of carbonyl (C=O) groups is 1. The van der Waals surface area contributed by atoms with Crippen molar-refractivity contribution < 1.29 is 14.3 Å². The Morgan fingerprint density at radius 3 is 2.45 bits per heavy atom. The molecule has 7 heteroatoms. The summed E-state index contributed by atoms with van der Waals surface area (Å²) < 4.78 is 11.0. The van der Waals surface area contributed by atoms with Crippen LogP contribution in [0.4, 0.5) is 0 Å². The molecule has 0 unspecified atom stereocenters. The van der Waals surface area contributed by atoms with Crippen molar-refractivity contribution in [2.75, 3.05) is 39.9 Å². The maximum absolute atomic E-state index is 12.6. The van der Waals surface area contributed by atoms with Gasteiger partial charge in [-0.1, -0.05) is 30.3 Å². The van der Waals surface area contributed by atoms with E-state index in [0.717, 1.165) is 5.56 Å². The minimum absolute atomic E-state index is 0.100. The van der Waals surface area contributed by atoms with Crippen molar-refractivity contribution in [2.24, 2.45) is 0 Å². The summed E-state index contributed by atoms with van der Waals surface area (Å²) in [4.78, 5) is 16.5. The van der Waals surface area contributed by atoms with E-state index in [4.69, 9.17) is 14.7 Å². The number of benzene rings is 2. The largest absolute Gasteiger partial charge is 0.493 e. The molecular weight excluding hydrogens is 392 g/mol. The van der Waals surface area contributed by atoms with Gasteiger partial charge in [0.15, 0.2) is 11.5 Å². The van der Waals surface area contributed by atoms with Gasteiger partial charge in [-0.3, -0.25) is 9.69 Å². The number of piperazine rings is 1. The lowest BCUT2D eigenvalue weighted by molar-refractivity contribution is -0.133. The van der Waals surface area contributed by atoms with E-state index in [0.29, 0.717) is 62.7 Å². The van der Waals surface area contributed by atoms with Crippen LogP contribution in [0.3, 0.4) is 0 Å². The van der Waals surface area contributed by atoms with E-state index in [2.05, 4.69) is 17.0 Å². The molecule has 0 saturated carbocycles. The first-order valence-electron chi connectivity index (χ1n) is 10.3. The fraction of sp³-hybridized carbons (Fsp3) is 0.375. The quantitative estimate of drug-likeness (QED) is 0.612. The van der Waals surface area contributed by atoms with Crippen molar-refractivity contribution in [3.63, 3.8) is 0 Å². The van der Waals surface area contributed by atoms with Gasteiger partial charge in [0.2, 0.25) is 5.91 Å². The highest BCUT2D eigenvalue weighted by Gasteiger charge is 2.26. The van der Waals surface area contributed by atoms with Crippen LogP contribution in [0.15, 0.2) is 48.5 Å². The number of carbonyl (C=O) groups excluding carboxylic acids is 1. The average molecular weight is 418 g/mol. The topological polar surface area (TPSA) is 89.6 Å². The maximum Gasteiger partial charge on any atom is 0.222 e. The molecule has 160 valence electrons. The van der Waals surface area contributed by atoms with Gasteiger partial charge in [0.05, 0.1) is 31.4 Å². The van der Waals surface area contributed by atoms with Gasteiger partial charge in [0, 0.05) is 38.7 Å². The summed E-state index contributed by atoms with van der Waals surface area (Å²) >= 11 is 0. The Morgan fingerprint density at radius 2 is 1.81 bits per heavy atom. The van der Waals surface area contributed by atoms with Gasteiger partial charge < -0.3 is 14.4 Å². The van der Waals surface area contributed by atoms with Crippen LogP contribution in [0.5, 0.6) is 11.5 Å². The molecular formula is C24H26N4O3. The predicted octanol–water partition coefficient (Wildman–Crippen LogP) is 3.13. The Hall–Kier alpha value is -3.55. The van der Waals surface area contributed by atoms with E-state index in [-0.39, 0.29) is 11.9 Å².